The number of H-pyrrole nitrogens is 1. The van der Waals surface area contributed by atoms with Crippen LogP contribution < -0.4 is 5.43 Å². The summed E-state index contributed by atoms with van der Waals surface area (Å²) in [6.45, 7) is 0. The van der Waals surface area contributed by atoms with Gasteiger partial charge in [-0.1, -0.05) is 19.3 Å². The topological polar surface area (TPSA) is 50.2 Å². The first-order chi connectivity index (χ1) is 7.83. The monoisotopic (exact) mass is 217 g/mol. The van der Waals surface area contributed by atoms with E-state index in [0.717, 1.165) is 11.5 Å². The van der Waals surface area contributed by atoms with Crippen molar-refractivity contribution in [2.24, 2.45) is 0 Å². The van der Waals surface area contributed by atoms with Gasteiger partial charge in [-0.3, -0.25) is 9.89 Å². The summed E-state index contributed by atoms with van der Waals surface area (Å²) in [5.41, 5.74) is 0.745. The van der Waals surface area contributed by atoms with Gasteiger partial charge >= 0.3 is 0 Å². The Hall–Kier alpha value is -1.58. The Labute approximate surface area is 93.3 Å². The van der Waals surface area contributed by atoms with Gasteiger partial charge < -0.3 is 0 Å². The van der Waals surface area contributed by atoms with E-state index < -0.39 is 0 Å². The van der Waals surface area contributed by atoms with Crippen LogP contribution in [0, 0.1) is 0 Å². The van der Waals surface area contributed by atoms with E-state index in [1.807, 2.05) is 4.52 Å². The van der Waals surface area contributed by atoms with Crippen molar-refractivity contribution in [3.63, 3.8) is 0 Å². The Morgan fingerprint density at radius 2 is 2.12 bits per heavy atom. The molecule has 1 aliphatic carbocycles. The molecule has 0 aromatic carbocycles. The lowest BCUT2D eigenvalue weighted by molar-refractivity contribution is 0.429. The van der Waals surface area contributed by atoms with Gasteiger partial charge in [0.2, 0.25) is 0 Å². The fourth-order valence-corrected chi connectivity index (χ4v) is 2.48. The molecule has 1 saturated carbocycles. The van der Waals surface area contributed by atoms with Crippen molar-refractivity contribution < 1.29 is 0 Å². The Balaban J connectivity index is 2.00. The van der Waals surface area contributed by atoms with Crippen LogP contribution >= 0.6 is 0 Å². The van der Waals surface area contributed by atoms with Gasteiger partial charge in [0.15, 0.2) is 11.1 Å². The summed E-state index contributed by atoms with van der Waals surface area (Å²) < 4.78 is 1.82. The first-order valence-electron chi connectivity index (χ1n) is 5.91. The van der Waals surface area contributed by atoms with Crippen molar-refractivity contribution >= 4 is 5.65 Å². The zero-order valence-electron chi connectivity index (χ0n) is 9.15. The maximum Gasteiger partial charge on any atom is 0.183 e. The molecule has 0 unspecified atom stereocenters. The fraction of sp³-hybridized carbons (Fsp3) is 0.500. The van der Waals surface area contributed by atoms with Gasteiger partial charge in [-0.25, -0.2) is 9.50 Å². The highest BCUT2D eigenvalue weighted by Gasteiger charge is 2.18. The average Bonchev–Trinajstić information content (AvgIpc) is 2.73. The van der Waals surface area contributed by atoms with Crippen LogP contribution in [0.15, 0.2) is 23.1 Å². The normalized spacial score (nSPS) is 18.0. The largest absolute Gasteiger partial charge is 0.290 e. The quantitative estimate of drug-likeness (QED) is 0.795. The van der Waals surface area contributed by atoms with Gasteiger partial charge in [-0.05, 0) is 12.8 Å². The first-order valence-corrected chi connectivity index (χ1v) is 5.91. The van der Waals surface area contributed by atoms with E-state index in [2.05, 4.69) is 10.1 Å². The molecule has 3 rings (SSSR count). The molecule has 0 saturated heterocycles. The molecule has 0 atom stereocenters. The number of aromatic nitrogens is 3. The maximum atomic E-state index is 11.2. The molecule has 2 heterocycles. The van der Waals surface area contributed by atoms with Gasteiger partial charge in [0.1, 0.15) is 5.82 Å². The van der Waals surface area contributed by atoms with Crippen LogP contribution in [0.4, 0.5) is 0 Å². The van der Waals surface area contributed by atoms with Crippen LogP contribution in [0.2, 0.25) is 0 Å². The predicted molar refractivity (Wildman–Crippen MR) is 61.6 cm³/mol. The van der Waals surface area contributed by atoms with E-state index >= 15 is 0 Å². The van der Waals surface area contributed by atoms with Crippen LogP contribution in [0.3, 0.4) is 0 Å². The molecule has 1 N–H and O–H groups in total. The SMILES string of the molecule is O=c1ccn2[nH]c(C3CCCCC3)nc2c1. The number of nitrogens with one attached hydrogen (secondary N) is 1. The van der Waals surface area contributed by atoms with Gasteiger partial charge in [0.05, 0.1) is 0 Å². The molecular formula is C12H15N3O. The standard InChI is InChI=1S/C12H15N3O/c16-10-6-7-15-11(8-10)13-12(14-15)9-4-2-1-3-5-9/h6-9H,1-5H2,(H,13,14). The maximum absolute atomic E-state index is 11.2. The zero-order chi connectivity index (χ0) is 11.0. The molecular weight excluding hydrogens is 202 g/mol. The number of fused-ring (bicyclic) bond motifs is 1. The Morgan fingerprint density at radius 3 is 2.94 bits per heavy atom. The number of hydrogen-bond acceptors (Lipinski definition) is 2. The molecule has 1 fully saturated rings. The predicted octanol–water partition coefficient (Wildman–Crippen LogP) is 2.07. The molecule has 2 aromatic rings. The van der Waals surface area contributed by atoms with E-state index in [4.69, 9.17) is 0 Å². The molecule has 4 nitrogen and oxygen atoms in total. The Kier molecular flexibility index (Phi) is 2.27. The Bertz CT molecular complexity index is 549. The molecule has 1 aliphatic rings. The highest BCUT2D eigenvalue weighted by molar-refractivity contribution is 5.36. The number of aromatic amines is 1. The summed E-state index contributed by atoms with van der Waals surface area (Å²) in [4.78, 5) is 15.7. The summed E-state index contributed by atoms with van der Waals surface area (Å²) >= 11 is 0. The third-order valence-electron chi connectivity index (χ3n) is 3.37. The molecule has 4 heteroatoms. The highest BCUT2D eigenvalue weighted by Crippen LogP contribution is 2.30. The van der Waals surface area contributed by atoms with Gasteiger partial charge in [0, 0.05) is 24.2 Å². The van der Waals surface area contributed by atoms with Crippen LogP contribution in [0.25, 0.3) is 5.65 Å². The second kappa shape index (κ2) is 3.77. The first kappa shape index (κ1) is 9.63. The third kappa shape index (κ3) is 1.64. The molecule has 0 bridgehead atoms. The number of pyridine rings is 1. The molecule has 0 amide bonds. The summed E-state index contributed by atoms with van der Waals surface area (Å²) in [6, 6.07) is 3.12. The second-order valence-corrected chi connectivity index (χ2v) is 4.53. The Morgan fingerprint density at radius 1 is 1.31 bits per heavy atom. The van der Waals surface area contributed by atoms with Crippen molar-refractivity contribution in [2.45, 2.75) is 38.0 Å². The molecule has 0 aliphatic heterocycles. The number of hydrogen-bond donors (Lipinski definition) is 1. The molecule has 84 valence electrons. The average molecular weight is 217 g/mol. The van der Waals surface area contributed by atoms with Crippen LogP contribution in [-0.2, 0) is 0 Å². The van der Waals surface area contributed by atoms with Crippen molar-refractivity contribution in [3.8, 4) is 0 Å². The smallest absolute Gasteiger partial charge is 0.183 e. The van der Waals surface area contributed by atoms with Crippen LogP contribution in [0.5, 0.6) is 0 Å². The number of rotatable bonds is 1. The lowest BCUT2D eigenvalue weighted by Crippen LogP contribution is -2.06. The van der Waals surface area contributed by atoms with Crippen LogP contribution in [-0.4, -0.2) is 14.6 Å². The van der Waals surface area contributed by atoms with Crippen molar-refractivity contribution in [3.05, 3.63) is 34.4 Å². The molecule has 0 spiro atoms. The lowest BCUT2D eigenvalue weighted by Gasteiger charge is -2.18. The van der Waals surface area contributed by atoms with E-state index in [-0.39, 0.29) is 5.43 Å². The minimum Gasteiger partial charge on any atom is -0.290 e. The summed E-state index contributed by atoms with van der Waals surface area (Å²) in [7, 11) is 0. The highest BCUT2D eigenvalue weighted by atomic mass is 16.1. The molecule has 0 radical (unpaired) electrons. The zero-order valence-corrected chi connectivity index (χ0v) is 9.15. The van der Waals surface area contributed by atoms with Crippen molar-refractivity contribution in [2.75, 3.05) is 0 Å². The number of nitrogens with zero attached hydrogens (tertiary/aromatic N) is 2. The minimum absolute atomic E-state index is 0.0155. The molecule has 16 heavy (non-hydrogen) atoms. The summed E-state index contributed by atoms with van der Waals surface area (Å²) in [6.07, 6.45) is 8.10. The van der Waals surface area contributed by atoms with Gasteiger partial charge in [-0.2, -0.15) is 0 Å². The van der Waals surface area contributed by atoms with E-state index in [1.54, 1.807) is 18.3 Å². The van der Waals surface area contributed by atoms with E-state index in [1.165, 1.54) is 32.1 Å². The van der Waals surface area contributed by atoms with Gasteiger partial charge in [0.25, 0.3) is 0 Å². The minimum atomic E-state index is 0.0155. The van der Waals surface area contributed by atoms with Gasteiger partial charge in [-0.15, -0.1) is 0 Å². The molecule has 2 aromatic heterocycles. The van der Waals surface area contributed by atoms with Crippen LogP contribution in [0.1, 0.15) is 43.8 Å². The summed E-state index contributed by atoms with van der Waals surface area (Å²) in [5, 5.41) is 3.26. The fourth-order valence-electron chi connectivity index (χ4n) is 2.48. The lowest BCUT2D eigenvalue weighted by atomic mass is 9.89. The second-order valence-electron chi connectivity index (χ2n) is 4.53. The summed E-state index contributed by atoms with van der Waals surface area (Å²) in [5.74, 6) is 1.58. The van der Waals surface area contributed by atoms with Crippen molar-refractivity contribution in [1.82, 2.24) is 14.6 Å². The van der Waals surface area contributed by atoms with E-state index in [9.17, 15) is 4.79 Å². The van der Waals surface area contributed by atoms with E-state index in [0.29, 0.717) is 5.92 Å². The third-order valence-corrected chi connectivity index (χ3v) is 3.37. The van der Waals surface area contributed by atoms with Crippen molar-refractivity contribution in [1.29, 1.82) is 0 Å².